The minimum Gasteiger partial charge on any atom is -0.493 e. The Morgan fingerprint density at radius 3 is 2.60 bits per heavy atom. The third-order valence-corrected chi connectivity index (χ3v) is 5.51. The van der Waals surface area contributed by atoms with Crippen LogP contribution in [-0.4, -0.2) is 28.3 Å². The molecule has 0 bridgehead atoms. The Balaban J connectivity index is 2.07. The highest BCUT2D eigenvalue weighted by atomic mass is 16.5. The average molecular weight is 405 g/mol. The van der Waals surface area contributed by atoms with E-state index in [2.05, 4.69) is 6.92 Å². The topological polar surface area (TPSA) is 68.7 Å². The van der Waals surface area contributed by atoms with Crippen LogP contribution in [0, 0.1) is 13.8 Å². The summed E-state index contributed by atoms with van der Waals surface area (Å²) in [4.78, 5) is 17.1. The van der Waals surface area contributed by atoms with Crippen LogP contribution in [0.1, 0.15) is 49.3 Å². The number of carbonyl (C=O) groups is 1. The van der Waals surface area contributed by atoms with Crippen molar-refractivity contribution in [1.82, 2.24) is 4.98 Å². The smallest absolute Gasteiger partial charge is 0.337 e. The van der Waals surface area contributed by atoms with Crippen LogP contribution in [0.15, 0.2) is 36.4 Å². The largest absolute Gasteiger partial charge is 0.493 e. The highest BCUT2D eigenvalue weighted by molar-refractivity contribution is 5.99. The molecule has 0 fully saturated rings. The van der Waals surface area contributed by atoms with E-state index in [9.17, 15) is 9.90 Å². The van der Waals surface area contributed by atoms with Gasteiger partial charge in [0, 0.05) is 28.6 Å². The summed E-state index contributed by atoms with van der Waals surface area (Å²) in [6.07, 6.45) is -0.270. The van der Waals surface area contributed by atoms with Crippen LogP contribution in [0.2, 0.25) is 0 Å². The number of carboxylic acid groups (broad SMARTS) is 1. The number of hydrogen-bond acceptors (Lipinski definition) is 4. The SMILES string of the molecule is Cc1nc2ccccc2c(-c2ccc3c(c2C)CCO3)c1[C@H](OC(C)(C)C)C(=O)O. The van der Waals surface area contributed by atoms with Crippen molar-refractivity contribution in [2.75, 3.05) is 6.61 Å². The second-order valence-electron chi connectivity index (χ2n) is 8.76. The summed E-state index contributed by atoms with van der Waals surface area (Å²) in [6.45, 7) is 10.2. The zero-order valence-corrected chi connectivity index (χ0v) is 18.1. The van der Waals surface area contributed by atoms with Gasteiger partial charge in [0.1, 0.15) is 5.75 Å². The molecule has 3 aromatic rings. The number of rotatable bonds is 4. The molecule has 1 atom stereocenters. The van der Waals surface area contributed by atoms with E-state index in [0.717, 1.165) is 39.8 Å². The van der Waals surface area contributed by atoms with Crippen molar-refractivity contribution in [3.8, 4) is 16.9 Å². The second-order valence-corrected chi connectivity index (χ2v) is 8.76. The highest BCUT2D eigenvalue weighted by Crippen LogP contribution is 2.43. The van der Waals surface area contributed by atoms with Gasteiger partial charge in [0.2, 0.25) is 0 Å². The van der Waals surface area contributed by atoms with E-state index in [-0.39, 0.29) is 0 Å². The fourth-order valence-corrected chi connectivity index (χ4v) is 4.26. The Hall–Kier alpha value is -2.92. The first-order chi connectivity index (χ1) is 14.2. The molecule has 1 aliphatic rings. The van der Waals surface area contributed by atoms with E-state index in [4.69, 9.17) is 14.5 Å². The highest BCUT2D eigenvalue weighted by Gasteiger charge is 2.33. The summed E-state index contributed by atoms with van der Waals surface area (Å²) >= 11 is 0. The first-order valence-electron chi connectivity index (χ1n) is 10.2. The van der Waals surface area contributed by atoms with Gasteiger partial charge in [-0.3, -0.25) is 4.98 Å². The van der Waals surface area contributed by atoms with Crippen molar-refractivity contribution in [2.45, 2.75) is 52.7 Å². The lowest BCUT2D eigenvalue weighted by Crippen LogP contribution is -2.28. The standard InChI is InChI=1S/C25H27NO4/c1-14-16-12-13-29-20(16)11-10-17(14)22-18-8-6-7-9-19(18)26-15(2)21(22)23(24(27)28)30-25(3,4)5/h6-11,23H,12-13H2,1-5H3,(H,27,28)/t23-/m0/s1. The monoisotopic (exact) mass is 405 g/mol. The number of aryl methyl sites for hydroxylation is 1. The van der Waals surface area contributed by atoms with Crippen molar-refractivity contribution >= 4 is 16.9 Å². The van der Waals surface area contributed by atoms with Crippen LogP contribution in [0.25, 0.3) is 22.0 Å². The fraction of sp³-hybridized carbons (Fsp3) is 0.360. The predicted molar refractivity (Wildman–Crippen MR) is 117 cm³/mol. The van der Waals surface area contributed by atoms with Crippen LogP contribution in [0.3, 0.4) is 0 Å². The van der Waals surface area contributed by atoms with E-state index in [1.165, 1.54) is 5.56 Å². The van der Waals surface area contributed by atoms with E-state index in [1.54, 1.807) is 0 Å². The lowest BCUT2D eigenvalue weighted by molar-refractivity contribution is -0.160. The Morgan fingerprint density at radius 2 is 1.90 bits per heavy atom. The Labute approximate surface area is 176 Å². The van der Waals surface area contributed by atoms with Crippen molar-refractivity contribution in [3.05, 3.63) is 58.8 Å². The van der Waals surface area contributed by atoms with Crippen LogP contribution in [0.5, 0.6) is 5.75 Å². The fourth-order valence-electron chi connectivity index (χ4n) is 4.26. The van der Waals surface area contributed by atoms with Gasteiger partial charge in [-0.05, 0) is 63.4 Å². The quantitative estimate of drug-likeness (QED) is 0.630. The summed E-state index contributed by atoms with van der Waals surface area (Å²) in [5.41, 5.74) is 5.66. The van der Waals surface area contributed by atoms with Crippen LogP contribution in [-0.2, 0) is 16.0 Å². The number of aliphatic carboxylic acids is 1. The molecule has 30 heavy (non-hydrogen) atoms. The lowest BCUT2D eigenvalue weighted by atomic mass is 9.87. The number of para-hydroxylation sites is 1. The zero-order valence-electron chi connectivity index (χ0n) is 18.1. The van der Waals surface area contributed by atoms with Crippen molar-refractivity contribution in [3.63, 3.8) is 0 Å². The molecule has 0 unspecified atom stereocenters. The van der Waals surface area contributed by atoms with Crippen molar-refractivity contribution in [1.29, 1.82) is 0 Å². The van der Waals surface area contributed by atoms with Gasteiger partial charge in [-0.2, -0.15) is 0 Å². The van der Waals surface area contributed by atoms with Crippen LogP contribution in [0.4, 0.5) is 0 Å². The molecular formula is C25H27NO4. The molecule has 156 valence electrons. The molecule has 4 rings (SSSR count). The molecule has 0 amide bonds. The van der Waals surface area contributed by atoms with Gasteiger partial charge in [-0.15, -0.1) is 0 Å². The molecular weight excluding hydrogens is 378 g/mol. The third-order valence-electron chi connectivity index (χ3n) is 5.51. The van der Waals surface area contributed by atoms with Gasteiger partial charge in [-0.1, -0.05) is 24.3 Å². The van der Waals surface area contributed by atoms with Crippen LogP contribution < -0.4 is 4.74 Å². The maximum Gasteiger partial charge on any atom is 0.337 e. The van der Waals surface area contributed by atoms with Gasteiger partial charge in [0.15, 0.2) is 6.10 Å². The molecule has 1 N–H and O–H groups in total. The number of fused-ring (bicyclic) bond motifs is 2. The molecule has 0 spiro atoms. The maximum atomic E-state index is 12.3. The average Bonchev–Trinajstić information content (AvgIpc) is 3.15. The van der Waals surface area contributed by atoms with E-state index in [0.29, 0.717) is 17.9 Å². The lowest BCUT2D eigenvalue weighted by Gasteiger charge is -2.28. The number of carboxylic acids is 1. The van der Waals surface area contributed by atoms with Gasteiger partial charge in [0.05, 0.1) is 17.7 Å². The first-order valence-corrected chi connectivity index (χ1v) is 10.2. The molecule has 0 aliphatic carbocycles. The summed E-state index contributed by atoms with van der Waals surface area (Å²) < 4.78 is 11.8. The maximum absolute atomic E-state index is 12.3. The third kappa shape index (κ3) is 3.54. The zero-order chi connectivity index (χ0) is 21.6. The Kier molecular flexibility index (Phi) is 5.02. The normalized spacial score (nSPS) is 14.4. The molecule has 5 heteroatoms. The minimum absolute atomic E-state index is 0.609. The molecule has 1 aliphatic heterocycles. The second kappa shape index (κ2) is 7.40. The Morgan fingerprint density at radius 1 is 1.17 bits per heavy atom. The summed E-state index contributed by atoms with van der Waals surface area (Å²) in [5, 5.41) is 11.0. The van der Waals surface area contributed by atoms with Gasteiger partial charge < -0.3 is 14.6 Å². The van der Waals surface area contributed by atoms with E-state index in [1.807, 2.05) is 64.1 Å². The number of aromatic nitrogens is 1. The first kappa shape index (κ1) is 20.4. The molecule has 0 saturated heterocycles. The molecule has 0 saturated carbocycles. The van der Waals surface area contributed by atoms with E-state index >= 15 is 0 Å². The molecule has 2 aromatic carbocycles. The number of nitrogens with zero attached hydrogens (tertiary/aromatic N) is 1. The van der Waals surface area contributed by atoms with Gasteiger partial charge in [-0.25, -0.2) is 4.79 Å². The number of hydrogen-bond donors (Lipinski definition) is 1. The Bertz CT molecular complexity index is 1140. The molecule has 1 aromatic heterocycles. The van der Waals surface area contributed by atoms with Crippen molar-refractivity contribution in [2.24, 2.45) is 0 Å². The summed E-state index contributed by atoms with van der Waals surface area (Å²) in [6, 6.07) is 11.9. The number of pyridine rings is 1. The van der Waals surface area contributed by atoms with Gasteiger partial charge >= 0.3 is 5.97 Å². The van der Waals surface area contributed by atoms with Gasteiger partial charge in [0.25, 0.3) is 0 Å². The molecule has 5 nitrogen and oxygen atoms in total. The van der Waals surface area contributed by atoms with Crippen LogP contribution >= 0.6 is 0 Å². The predicted octanol–water partition coefficient (Wildman–Crippen LogP) is 5.39. The minimum atomic E-state index is -1.12. The number of benzene rings is 2. The summed E-state index contributed by atoms with van der Waals surface area (Å²) in [5.74, 6) is -0.109. The number of ether oxygens (including phenoxy) is 2. The molecule has 2 heterocycles. The van der Waals surface area contributed by atoms with E-state index < -0.39 is 17.7 Å². The molecule has 0 radical (unpaired) electrons. The van der Waals surface area contributed by atoms with Crippen molar-refractivity contribution < 1.29 is 19.4 Å². The summed E-state index contributed by atoms with van der Waals surface area (Å²) in [7, 11) is 0.